The highest BCUT2D eigenvalue weighted by Crippen LogP contribution is 2.36. The number of aromatic nitrogens is 2. The summed E-state index contributed by atoms with van der Waals surface area (Å²) in [7, 11) is -4.60. The van der Waals surface area contributed by atoms with E-state index in [1.165, 1.54) is 24.3 Å². The molecule has 3 aromatic rings. The van der Waals surface area contributed by atoms with Gasteiger partial charge in [-0.2, -0.15) is 4.98 Å². The van der Waals surface area contributed by atoms with Gasteiger partial charge in [-0.05, 0) is 24.3 Å². The van der Waals surface area contributed by atoms with Crippen molar-refractivity contribution in [1.29, 1.82) is 0 Å². The Morgan fingerprint density at radius 2 is 1.71 bits per heavy atom. The third kappa shape index (κ3) is 7.44. The van der Waals surface area contributed by atoms with Crippen molar-refractivity contribution < 1.29 is 34.9 Å². The van der Waals surface area contributed by atoms with Crippen LogP contribution in [0.4, 0.5) is 52.1 Å². The number of hydrogen-bond acceptors (Lipinski definition) is 9. The molecule has 0 atom stereocenters. The minimum absolute atomic E-state index is 0.125. The van der Waals surface area contributed by atoms with Crippen LogP contribution in [-0.4, -0.2) is 59.8 Å². The Bertz CT molecular complexity index is 1450. The van der Waals surface area contributed by atoms with E-state index in [9.17, 15) is 30.2 Å². The average Bonchev–Trinajstić information content (AvgIpc) is 2.82. The SMILES string of the molecule is CS(=O)(=O)Nc1ccccc1Nc1nc(Nc2ccc(N3CCS(=O)CC3)cc2OC(F)(F)F)ncc1F. The van der Waals surface area contributed by atoms with Gasteiger partial charge in [-0.15, -0.1) is 13.2 Å². The van der Waals surface area contributed by atoms with E-state index in [2.05, 4.69) is 30.1 Å². The Balaban J connectivity index is 1.61. The summed E-state index contributed by atoms with van der Waals surface area (Å²) >= 11 is 0. The molecule has 1 aliphatic heterocycles. The first-order chi connectivity index (χ1) is 17.9. The summed E-state index contributed by atoms with van der Waals surface area (Å²) in [6, 6.07) is 10.2. The number of ether oxygens (including phenoxy) is 1. The number of hydrogen-bond donors (Lipinski definition) is 3. The molecule has 0 unspecified atom stereocenters. The fraction of sp³-hybridized carbons (Fsp3) is 0.273. The molecule has 1 aliphatic rings. The molecule has 204 valence electrons. The monoisotopic (exact) mass is 574 g/mol. The van der Waals surface area contributed by atoms with E-state index in [0.717, 1.165) is 12.5 Å². The Morgan fingerprint density at radius 3 is 2.37 bits per heavy atom. The van der Waals surface area contributed by atoms with Gasteiger partial charge in [0.15, 0.2) is 17.4 Å². The first-order valence-electron chi connectivity index (χ1n) is 11.0. The van der Waals surface area contributed by atoms with Gasteiger partial charge < -0.3 is 20.3 Å². The lowest BCUT2D eigenvalue weighted by molar-refractivity contribution is -0.274. The molecule has 0 saturated carbocycles. The average molecular weight is 575 g/mol. The van der Waals surface area contributed by atoms with Crippen molar-refractivity contribution in [2.75, 3.05) is 51.1 Å². The summed E-state index contributed by atoms with van der Waals surface area (Å²) in [6.07, 6.45) is -3.24. The summed E-state index contributed by atoms with van der Waals surface area (Å²) in [5.74, 6) is -1.27. The molecule has 0 radical (unpaired) electrons. The molecule has 0 spiro atoms. The van der Waals surface area contributed by atoms with Crippen LogP contribution in [0.2, 0.25) is 0 Å². The summed E-state index contributed by atoms with van der Waals surface area (Å²) in [5, 5.41) is 5.27. The highest BCUT2D eigenvalue weighted by Gasteiger charge is 2.33. The van der Waals surface area contributed by atoms with Gasteiger partial charge in [-0.3, -0.25) is 8.93 Å². The highest BCUT2D eigenvalue weighted by molar-refractivity contribution is 7.92. The Morgan fingerprint density at radius 1 is 1.03 bits per heavy atom. The fourth-order valence-electron chi connectivity index (χ4n) is 3.56. The topological polar surface area (TPSA) is 126 Å². The van der Waals surface area contributed by atoms with Gasteiger partial charge in [0, 0.05) is 47.1 Å². The maximum atomic E-state index is 14.5. The zero-order chi connectivity index (χ0) is 27.5. The van der Waals surface area contributed by atoms with Crippen molar-refractivity contribution in [3.63, 3.8) is 0 Å². The van der Waals surface area contributed by atoms with Crippen molar-refractivity contribution in [1.82, 2.24) is 9.97 Å². The molecule has 16 heteroatoms. The van der Waals surface area contributed by atoms with E-state index >= 15 is 0 Å². The maximum absolute atomic E-state index is 14.5. The summed E-state index contributed by atoms with van der Waals surface area (Å²) in [4.78, 5) is 9.58. The number of sulfonamides is 1. The first-order valence-corrected chi connectivity index (χ1v) is 14.4. The van der Waals surface area contributed by atoms with Crippen LogP contribution in [0.15, 0.2) is 48.7 Å². The molecule has 4 rings (SSSR count). The van der Waals surface area contributed by atoms with Gasteiger partial charge in [0.25, 0.3) is 0 Å². The van der Waals surface area contributed by atoms with Crippen LogP contribution in [-0.2, 0) is 20.8 Å². The third-order valence-corrected chi connectivity index (χ3v) is 7.07. The molecule has 0 aliphatic carbocycles. The fourth-order valence-corrected chi connectivity index (χ4v) is 5.19. The second kappa shape index (κ2) is 11.0. The van der Waals surface area contributed by atoms with Crippen molar-refractivity contribution in [2.45, 2.75) is 6.36 Å². The molecule has 1 saturated heterocycles. The van der Waals surface area contributed by atoms with E-state index in [-0.39, 0.29) is 28.8 Å². The number of nitrogens with zero attached hydrogens (tertiary/aromatic N) is 3. The van der Waals surface area contributed by atoms with E-state index in [1.54, 1.807) is 23.1 Å². The lowest BCUT2D eigenvalue weighted by atomic mass is 10.2. The zero-order valence-corrected chi connectivity index (χ0v) is 21.4. The predicted octanol–water partition coefficient (Wildman–Crippen LogP) is 3.94. The molecule has 1 fully saturated rings. The van der Waals surface area contributed by atoms with Gasteiger partial charge in [0.2, 0.25) is 16.0 Å². The summed E-state index contributed by atoms with van der Waals surface area (Å²) in [6.45, 7) is 0.827. The van der Waals surface area contributed by atoms with Gasteiger partial charge in [0.1, 0.15) is 0 Å². The van der Waals surface area contributed by atoms with Crippen LogP contribution < -0.4 is 25.0 Å². The number of rotatable bonds is 8. The number of anilines is 6. The van der Waals surface area contributed by atoms with Crippen molar-refractivity contribution >= 4 is 55.3 Å². The third-order valence-electron chi connectivity index (χ3n) is 5.20. The minimum Gasteiger partial charge on any atom is -0.403 e. The molecular formula is C22H22F4N6O4S2. The second-order valence-corrected chi connectivity index (χ2v) is 11.6. The number of halogens is 4. The van der Waals surface area contributed by atoms with Crippen LogP contribution in [0.3, 0.4) is 0 Å². The van der Waals surface area contributed by atoms with Gasteiger partial charge in [0.05, 0.1) is 29.5 Å². The molecule has 2 aromatic carbocycles. The summed E-state index contributed by atoms with van der Waals surface area (Å²) < 4.78 is 95.4. The van der Waals surface area contributed by atoms with Gasteiger partial charge in [-0.1, -0.05) is 12.1 Å². The number of nitrogens with one attached hydrogen (secondary N) is 3. The van der Waals surface area contributed by atoms with Gasteiger partial charge in [-0.25, -0.2) is 17.8 Å². The standard InChI is InChI=1S/C22H22F4N6O4S2/c1-38(34,35)31-17-5-3-2-4-16(17)28-20-15(23)13-27-21(30-20)29-18-7-6-14(12-19(18)36-22(24,25)26)32-8-10-37(33)11-9-32/h2-7,12-13,31H,8-11H2,1H3,(H2,27,28,29,30). The Hall–Kier alpha value is -3.66. The highest BCUT2D eigenvalue weighted by atomic mass is 32.2. The molecule has 0 amide bonds. The number of benzene rings is 2. The largest absolute Gasteiger partial charge is 0.573 e. The van der Waals surface area contributed by atoms with E-state index in [0.29, 0.717) is 30.3 Å². The quantitative estimate of drug-likeness (QED) is 0.343. The Kier molecular flexibility index (Phi) is 7.91. The molecule has 2 heterocycles. The molecule has 0 bridgehead atoms. The van der Waals surface area contributed by atoms with Crippen molar-refractivity contribution in [3.8, 4) is 5.75 Å². The molecule has 3 N–H and O–H groups in total. The predicted molar refractivity (Wildman–Crippen MR) is 137 cm³/mol. The van der Waals surface area contributed by atoms with Crippen LogP contribution in [0, 0.1) is 5.82 Å². The van der Waals surface area contributed by atoms with Crippen LogP contribution in [0.5, 0.6) is 5.75 Å². The molecule has 1 aromatic heterocycles. The van der Waals surface area contributed by atoms with Crippen LogP contribution in [0.1, 0.15) is 0 Å². The molecule has 10 nitrogen and oxygen atoms in total. The first kappa shape index (κ1) is 27.4. The second-order valence-electron chi connectivity index (χ2n) is 8.12. The molecule has 38 heavy (non-hydrogen) atoms. The smallest absolute Gasteiger partial charge is 0.403 e. The summed E-state index contributed by atoms with van der Waals surface area (Å²) in [5.41, 5.74) is 0.613. The van der Waals surface area contributed by atoms with Crippen molar-refractivity contribution in [2.24, 2.45) is 0 Å². The number of para-hydroxylation sites is 2. The molecular weight excluding hydrogens is 552 g/mol. The number of alkyl halides is 3. The van der Waals surface area contributed by atoms with Gasteiger partial charge >= 0.3 is 6.36 Å². The normalized spacial score (nSPS) is 14.7. The maximum Gasteiger partial charge on any atom is 0.573 e. The lowest BCUT2D eigenvalue weighted by Crippen LogP contribution is -2.37. The van der Waals surface area contributed by atoms with E-state index < -0.39 is 38.8 Å². The van der Waals surface area contributed by atoms with Crippen LogP contribution in [0.25, 0.3) is 0 Å². The zero-order valence-electron chi connectivity index (χ0n) is 19.8. The van der Waals surface area contributed by atoms with E-state index in [4.69, 9.17) is 0 Å². The van der Waals surface area contributed by atoms with E-state index in [1.807, 2.05) is 0 Å². The Labute approximate surface area is 217 Å². The van der Waals surface area contributed by atoms with Crippen molar-refractivity contribution in [3.05, 3.63) is 54.5 Å². The van der Waals surface area contributed by atoms with Crippen LogP contribution >= 0.6 is 0 Å². The lowest BCUT2D eigenvalue weighted by Gasteiger charge is -2.29. The minimum atomic E-state index is -4.99.